The molecule has 5 nitrogen and oxygen atoms in total. The Kier molecular flexibility index (Phi) is 8.29. The van der Waals surface area contributed by atoms with Crippen molar-refractivity contribution in [3.05, 3.63) is 35.9 Å². The predicted molar refractivity (Wildman–Crippen MR) is 102 cm³/mol. The third-order valence-electron chi connectivity index (χ3n) is 4.48. The van der Waals surface area contributed by atoms with Crippen molar-refractivity contribution >= 4 is 11.9 Å². The Morgan fingerprint density at radius 2 is 1.96 bits per heavy atom. The second-order valence-corrected chi connectivity index (χ2v) is 6.34. The van der Waals surface area contributed by atoms with Crippen molar-refractivity contribution in [2.24, 2.45) is 10.9 Å². The van der Waals surface area contributed by atoms with Gasteiger partial charge in [-0.1, -0.05) is 30.3 Å². The van der Waals surface area contributed by atoms with Crippen LogP contribution in [0.2, 0.25) is 0 Å². The van der Waals surface area contributed by atoms with E-state index in [9.17, 15) is 4.79 Å². The highest BCUT2D eigenvalue weighted by Gasteiger charge is 2.27. The molecule has 0 aromatic heterocycles. The summed E-state index contributed by atoms with van der Waals surface area (Å²) in [4.78, 5) is 18.9. The molecule has 5 heteroatoms. The Balaban J connectivity index is 1.80. The highest BCUT2D eigenvalue weighted by atomic mass is 16.5. The largest absolute Gasteiger partial charge is 0.466 e. The number of piperidine rings is 1. The molecular weight excluding hydrogens is 314 g/mol. The summed E-state index contributed by atoms with van der Waals surface area (Å²) >= 11 is 0. The third kappa shape index (κ3) is 6.40. The van der Waals surface area contributed by atoms with Gasteiger partial charge in [-0.25, -0.2) is 0 Å². The number of esters is 1. The van der Waals surface area contributed by atoms with Crippen LogP contribution in [0.25, 0.3) is 0 Å². The SMILES string of the molecule is CCNC(=NCCCc1ccccc1)N1CCC(C(=O)OCC)CC1. The van der Waals surface area contributed by atoms with E-state index in [4.69, 9.17) is 9.73 Å². The lowest BCUT2D eigenvalue weighted by Crippen LogP contribution is -2.46. The molecule has 0 aliphatic carbocycles. The molecule has 1 aliphatic rings. The van der Waals surface area contributed by atoms with Gasteiger partial charge in [0.25, 0.3) is 0 Å². The minimum Gasteiger partial charge on any atom is -0.466 e. The predicted octanol–water partition coefficient (Wildman–Crippen LogP) is 2.86. The van der Waals surface area contributed by atoms with Crippen LogP contribution in [0, 0.1) is 5.92 Å². The van der Waals surface area contributed by atoms with E-state index in [1.807, 2.05) is 13.0 Å². The maximum absolute atomic E-state index is 11.9. The number of aryl methyl sites for hydroxylation is 1. The van der Waals surface area contributed by atoms with Gasteiger partial charge >= 0.3 is 5.97 Å². The maximum Gasteiger partial charge on any atom is 0.309 e. The number of nitrogens with one attached hydrogen (secondary N) is 1. The monoisotopic (exact) mass is 345 g/mol. The van der Waals surface area contributed by atoms with Crippen LogP contribution in [0.3, 0.4) is 0 Å². The Hall–Kier alpha value is -2.04. The van der Waals surface area contributed by atoms with Gasteiger partial charge in [-0.15, -0.1) is 0 Å². The van der Waals surface area contributed by atoms with Crippen molar-refractivity contribution in [1.82, 2.24) is 10.2 Å². The third-order valence-corrected chi connectivity index (χ3v) is 4.48. The Labute approximate surface area is 151 Å². The Bertz CT molecular complexity index is 537. The number of rotatable bonds is 7. The molecule has 1 heterocycles. The maximum atomic E-state index is 11.9. The zero-order valence-electron chi connectivity index (χ0n) is 15.5. The summed E-state index contributed by atoms with van der Waals surface area (Å²) in [7, 11) is 0. The van der Waals surface area contributed by atoms with Crippen LogP contribution in [0.1, 0.15) is 38.7 Å². The first-order valence-corrected chi connectivity index (χ1v) is 9.48. The van der Waals surface area contributed by atoms with Crippen LogP contribution in [0.5, 0.6) is 0 Å². The van der Waals surface area contributed by atoms with Gasteiger partial charge in [-0.3, -0.25) is 9.79 Å². The van der Waals surface area contributed by atoms with E-state index in [1.165, 1.54) is 5.56 Å². The zero-order chi connectivity index (χ0) is 17.9. The normalized spacial score (nSPS) is 15.9. The Morgan fingerprint density at radius 1 is 1.24 bits per heavy atom. The number of likely N-dealkylation sites (tertiary alicyclic amines) is 1. The minimum atomic E-state index is -0.0491. The first kappa shape index (κ1) is 19.3. The van der Waals surface area contributed by atoms with Crippen molar-refractivity contribution in [3.8, 4) is 0 Å². The lowest BCUT2D eigenvalue weighted by Gasteiger charge is -2.33. The van der Waals surface area contributed by atoms with Crippen molar-refractivity contribution in [2.45, 2.75) is 39.5 Å². The topological polar surface area (TPSA) is 53.9 Å². The van der Waals surface area contributed by atoms with Crippen LogP contribution in [-0.2, 0) is 16.0 Å². The highest BCUT2D eigenvalue weighted by molar-refractivity contribution is 5.80. The van der Waals surface area contributed by atoms with Crippen LogP contribution in [0.15, 0.2) is 35.3 Å². The van der Waals surface area contributed by atoms with E-state index in [0.717, 1.165) is 57.8 Å². The van der Waals surface area contributed by atoms with E-state index in [2.05, 4.69) is 41.4 Å². The quantitative estimate of drug-likeness (QED) is 0.357. The molecule has 1 aromatic carbocycles. The summed E-state index contributed by atoms with van der Waals surface area (Å²) in [6, 6.07) is 10.5. The zero-order valence-corrected chi connectivity index (χ0v) is 15.5. The molecular formula is C20H31N3O2. The van der Waals surface area contributed by atoms with Crippen LogP contribution in [-0.4, -0.2) is 49.6 Å². The molecule has 0 bridgehead atoms. The van der Waals surface area contributed by atoms with Crippen LogP contribution in [0.4, 0.5) is 0 Å². The number of hydrogen-bond acceptors (Lipinski definition) is 3. The minimum absolute atomic E-state index is 0.0390. The molecule has 0 unspecified atom stereocenters. The Morgan fingerprint density at radius 3 is 2.60 bits per heavy atom. The highest BCUT2D eigenvalue weighted by Crippen LogP contribution is 2.18. The molecule has 2 rings (SSSR count). The number of hydrogen-bond donors (Lipinski definition) is 1. The lowest BCUT2D eigenvalue weighted by atomic mass is 9.97. The summed E-state index contributed by atoms with van der Waals surface area (Å²) in [5.41, 5.74) is 1.36. The number of carbonyl (C=O) groups excluding carboxylic acids is 1. The van der Waals surface area contributed by atoms with E-state index < -0.39 is 0 Å². The number of aliphatic imine (C=N–C) groups is 1. The first-order chi connectivity index (χ1) is 12.2. The fourth-order valence-electron chi connectivity index (χ4n) is 3.13. The lowest BCUT2D eigenvalue weighted by molar-refractivity contribution is -0.149. The molecule has 0 atom stereocenters. The van der Waals surface area contributed by atoms with E-state index >= 15 is 0 Å². The standard InChI is InChI=1S/C20H31N3O2/c1-3-21-20(22-14-8-11-17-9-6-5-7-10-17)23-15-12-18(13-16-23)19(24)25-4-2/h5-7,9-10,18H,3-4,8,11-16H2,1-2H3,(H,21,22). The van der Waals surface area contributed by atoms with Gasteiger partial charge < -0.3 is 15.0 Å². The van der Waals surface area contributed by atoms with Gasteiger partial charge in [0.1, 0.15) is 0 Å². The first-order valence-electron chi connectivity index (χ1n) is 9.48. The fourth-order valence-corrected chi connectivity index (χ4v) is 3.13. The van der Waals surface area contributed by atoms with Crippen molar-refractivity contribution in [3.63, 3.8) is 0 Å². The molecule has 25 heavy (non-hydrogen) atoms. The molecule has 0 radical (unpaired) electrons. The number of guanidine groups is 1. The summed E-state index contributed by atoms with van der Waals surface area (Å²) < 4.78 is 5.14. The molecule has 138 valence electrons. The van der Waals surface area contributed by atoms with E-state index in [0.29, 0.717) is 6.61 Å². The van der Waals surface area contributed by atoms with Crippen molar-refractivity contribution < 1.29 is 9.53 Å². The number of nitrogens with zero attached hydrogens (tertiary/aromatic N) is 2. The van der Waals surface area contributed by atoms with Crippen molar-refractivity contribution in [2.75, 3.05) is 32.8 Å². The molecule has 1 saturated heterocycles. The molecule has 1 N–H and O–H groups in total. The fraction of sp³-hybridized carbons (Fsp3) is 0.600. The van der Waals surface area contributed by atoms with Gasteiger partial charge in [-0.2, -0.15) is 0 Å². The smallest absolute Gasteiger partial charge is 0.309 e. The summed E-state index contributed by atoms with van der Waals surface area (Å²) in [5.74, 6) is 0.960. The van der Waals surface area contributed by atoms with Crippen LogP contribution >= 0.6 is 0 Å². The number of carbonyl (C=O) groups is 1. The molecule has 1 aliphatic heterocycles. The van der Waals surface area contributed by atoms with Gasteiger partial charge in [0.2, 0.25) is 0 Å². The van der Waals surface area contributed by atoms with Gasteiger partial charge in [0.05, 0.1) is 12.5 Å². The van der Waals surface area contributed by atoms with E-state index in [-0.39, 0.29) is 11.9 Å². The molecule has 0 spiro atoms. The molecule has 1 aromatic rings. The van der Waals surface area contributed by atoms with Crippen molar-refractivity contribution in [1.29, 1.82) is 0 Å². The number of ether oxygens (including phenoxy) is 1. The summed E-state index contributed by atoms with van der Waals surface area (Å²) in [5, 5.41) is 3.38. The number of benzene rings is 1. The second-order valence-electron chi connectivity index (χ2n) is 6.34. The molecule has 0 saturated carbocycles. The van der Waals surface area contributed by atoms with Gasteiger partial charge in [0, 0.05) is 26.2 Å². The van der Waals surface area contributed by atoms with Gasteiger partial charge in [-0.05, 0) is 45.1 Å². The van der Waals surface area contributed by atoms with E-state index in [1.54, 1.807) is 0 Å². The average Bonchev–Trinajstić information content (AvgIpc) is 2.65. The summed E-state index contributed by atoms with van der Waals surface area (Å²) in [6.45, 7) is 7.79. The van der Waals surface area contributed by atoms with Crippen LogP contribution < -0.4 is 5.32 Å². The second kappa shape index (κ2) is 10.7. The van der Waals surface area contributed by atoms with Gasteiger partial charge in [0.15, 0.2) is 5.96 Å². The summed E-state index contributed by atoms with van der Waals surface area (Å²) in [6.07, 6.45) is 3.77. The molecule has 0 amide bonds. The average molecular weight is 345 g/mol. The molecule has 1 fully saturated rings.